The molecule has 0 amide bonds. The van der Waals surface area contributed by atoms with Crippen LogP contribution in [0.25, 0.3) is 5.69 Å². The molecule has 2 aromatic heterocycles. The van der Waals surface area contributed by atoms with E-state index in [2.05, 4.69) is 15.4 Å². The number of aryl methyl sites for hydroxylation is 4. The minimum atomic E-state index is -0.325. The summed E-state index contributed by atoms with van der Waals surface area (Å²) in [6.45, 7) is 5.99. The van der Waals surface area contributed by atoms with Gasteiger partial charge >= 0.3 is 5.69 Å². The molecule has 0 saturated carbocycles. The van der Waals surface area contributed by atoms with Crippen molar-refractivity contribution >= 4 is 11.6 Å². The highest BCUT2D eigenvalue weighted by atomic mass is 35.5. The molecule has 0 aliphatic carbocycles. The average Bonchev–Trinajstić information content (AvgIpc) is 2.90. The Balaban J connectivity index is 1.97. The molecule has 0 atom stereocenters. The van der Waals surface area contributed by atoms with Crippen LogP contribution in [0.3, 0.4) is 0 Å². The van der Waals surface area contributed by atoms with Gasteiger partial charge in [0.1, 0.15) is 11.6 Å². The first-order chi connectivity index (χ1) is 11.9. The second-order valence-electron chi connectivity index (χ2n) is 5.84. The van der Waals surface area contributed by atoms with Crippen LogP contribution in [0.2, 0.25) is 5.02 Å². The van der Waals surface area contributed by atoms with Crippen molar-refractivity contribution in [1.82, 2.24) is 24.8 Å². The van der Waals surface area contributed by atoms with Gasteiger partial charge in [-0.1, -0.05) is 23.7 Å². The SMILES string of the molecule is Cc1cc(Cl)c(OCc2c(C)cccc2-n2nnn(C)c2=O)nc1C. The molecule has 3 aromatic rings. The zero-order valence-corrected chi connectivity index (χ0v) is 15.2. The number of halogens is 1. The van der Waals surface area contributed by atoms with Crippen molar-refractivity contribution in [3.05, 3.63) is 62.2 Å². The summed E-state index contributed by atoms with van der Waals surface area (Å²) in [5, 5.41) is 8.12. The predicted octanol–water partition coefficient (Wildman–Crippen LogP) is 2.52. The zero-order valence-electron chi connectivity index (χ0n) is 14.4. The van der Waals surface area contributed by atoms with Crippen molar-refractivity contribution in [3.8, 4) is 11.6 Å². The number of hydrogen-bond donors (Lipinski definition) is 0. The molecule has 0 fully saturated rings. The Morgan fingerprint density at radius 3 is 2.60 bits per heavy atom. The summed E-state index contributed by atoms with van der Waals surface area (Å²) in [4.78, 5) is 16.6. The predicted molar refractivity (Wildman–Crippen MR) is 94.4 cm³/mol. The Bertz CT molecular complexity index is 993. The summed E-state index contributed by atoms with van der Waals surface area (Å²) in [5.41, 5.74) is 3.94. The second-order valence-corrected chi connectivity index (χ2v) is 6.24. The summed E-state index contributed by atoms with van der Waals surface area (Å²) in [5.74, 6) is 0.366. The van der Waals surface area contributed by atoms with Crippen LogP contribution in [-0.4, -0.2) is 24.8 Å². The molecular formula is C17H18ClN5O2. The van der Waals surface area contributed by atoms with Crippen LogP contribution in [0.4, 0.5) is 0 Å². The first-order valence-electron chi connectivity index (χ1n) is 7.73. The monoisotopic (exact) mass is 359 g/mol. The van der Waals surface area contributed by atoms with E-state index in [-0.39, 0.29) is 12.3 Å². The van der Waals surface area contributed by atoms with Crippen LogP contribution >= 0.6 is 11.6 Å². The van der Waals surface area contributed by atoms with Gasteiger partial charge in [-0.2, -0.15) is 9.36 Å². The maximum atomic E-state index is 12.2. The summed E-state index contributed by atoms with van der Waals surface area (Å²) >= 11 is 6.22. The maximum absolute atomic E-state index is 12.2. The standard InChI is InChI=1S/C17H18ClN5O2/c1-10-6-5-7-15(23-17(24)22(4)20-21-23)13(10)9-25-16-14(18)8-11(2)12(3)19-16/h5-8H,9H2,1-4H3. The maximum Gasteiger partial charge on any atom is 0.368 e. The topological polar surface area (TPSA) is 74.8 Å². The van der Waals surface area contributed by atoms with Crippen LogP contribution in [0.5, 0.6) is 5.88 Å². The second kappa shape index (κ2) is 6.68. The van der Waals surface area contributed by atoms with E-state index in [4.69, 9.17) is 16.3 Å². The Hall–Kier alpha value is -2.67. The van der Waals surface area contributed by atoms with Crippen molar-refractivity contribution in [2.45, 2.75) is 27.4 Å². The molecule has 0 radical (unpaired) electrons. The van der Waals surface area contributed by atoms with Crippen molar-refractivity contribution in [2.24, 2.45) is 7.05 Å². The minimum absolute atomic E-state index is 0.209. The quantitative estimate of drug-likeness (QED) is 0.715. The first-order valence-corrected chi connectivity index (χ1v) is 8.10. The van der Waals surface area contributed by atoms with Gasteiger partial charge in [0.05, 0.1) is 5.69 Å². The van der Waals surface area contributed by atoms with Gasteiger partial charge in [-0.3, -0.25) is 0 Å². The molecule has 0 spiro atoms. The number of tetrazole rings is 1. The lowest BCUT2D eigenvalue weighted by Gasteiger charge is -2.14. The van der Waals surface area contributed by atoms with Gasteiger partial charge in [0.15, 0.2) is 0 Å². The third-order valence-electron chi connectivity index (χ3n) is 4.08. The van der Waals surface area contributed by atoms with E-state index < -0.39 is 0 Å². The van der Waals surface area contributed by atoms with Crippen LogP contribution in [0.1, 0.15) is 22.4 Å². The van der Waals surface area contributed by atoms with Gasteiger partial charge in [0.2, 0.25) is 5.88 Å². The highest BCUT2D eigenvalue weighted by Crippen LogP contribution is 2.26. The van der Waals surface area contributed by atoms with E-state index in [1.165, 1.54) is 9.36 Å². The third-order valence-corrected chi connectivity index (χ3v) is 4.35. The number of aromatic nitrogens is 5. The first kappa shape index (κ1) is 17.2. The Morgan fingerprint density at radius 2 is 1.92 bits per heavy atom. The molecule has 0 unspecified atom stereocenters. The molecule has 0 saturated heterocycles. The van der Waals surface area contributed by atoms with Crippen LogP contribution in [0, 0.1) is 20.8 Å². The number of nitrogens with zero attached hydrogens (tertiary/aromatic N) is 5. The molecule has 2 heterocycles. The normalized spacial score (nSPS) is 10.9. The fourth-order valence-corrected chi connectivity index (χ4v) is 2.69. The van der Waals surface area contributed by atoms with Gasteiger partial charge in [-0.25, -0.2) is 9.78 Å². The van der Waals surface area contributed by atoms with Crippen molar-refractivity contribution in [3.63, 3.8) is 0 Å². The van der Waals surface area contributed by atoms with Gasteiger partial charge < -0.3 is 4.74 Å². The number of pyridine rings is 1. The fourth-order valence-electron chi connectivity index (χ4n) is 2.43. The lowest BCUT2D eigenvalue weighted by molar-refractivity contribution is 0.292. The molecule has 8 heteroatoms. The summed E-state index contributed by atoms with van der Waals surface area (Å²) < 4.78 is 8.26. The Morgan fingerprint density at radius 1 is 1.16 bits per heavy atom. The van der Waals surface area contributed by atoms with E-state index in [1.54, 1.807) is 13.1 Å². The van der Waals surface area contributed by atoms with E-state index in [0.29, 0.717) is 16.6 Å². The Kier molecular flexibility index (Phi) is 4.59. The third kappa shape index (κ3) is 3.28. The molecule has 0 bridgehead atoms. The van der Waals surface area contributed by atoms with Crippen molar-refractivity contribution in [2.75, 3.05) is 0 Å². The number of rotatable bonds is 4. The van der Waals surface area contributed by atoms with Crippen LogP contribution < -0.4 is 10.4 Å². The smallest absolute Gasteiger partial charge is 0.368 e. The average molecular weight is 360 g/mol. The van der Waals surface area contributed by atoms with E-state index in [9.17, 15) is 4.79 Å². The number of benzene rings is 1. The largest absolute Gasteiger partial charge is 0.472 e. The summed E-state index contributed by atoms with van der Waals surface area (Å²) in [6, 6.07) is 7.43. The van der Waals surface area contributed by atoms with E-state index in [0.717, 1.165) is 22.4 Å². The molecule has 0 aliphatic heterocycles. The molecule has 0 N–H and O–H groups in total. The number of ether oxygens (including phenoxy) is 1. The highest BCUT2D eigenvalue weighted by molar-refractivity contribution is 6.31. The fraction of sp³-hybridized carbons (Fsp3) is 0.294. The molecule has 1 aromatic carbocycles. The van der Waals surface area contributed by atoms with Crippen molar-refractivity contribution in [1.29, 1.82) is 0 Å². The van der Waals surface area contributed by atoms with Crippen LogP contribution in [0.15, 0.2) is 29.1 Å². The van der Waals surface area contributed by atoms with Gasteiger partial charge in [-0.05, 0) is 54.5 Å². The Labute approximate surface area is 149 Å². The molecule has 3 rings (SSSR count). The van der Waals surface area contributed by atoms with E-state index >= 15 is 0 Å². The van der Waals surface area contributed by atoms with Crippen LogP contribution in [-0.2, 0) is 13.7 Å². The highest BCUT2D eigenvalue weighted by Gasteiger charge is 2.15. The van der Waals surface area contributed by atoms with Gasteiger partial charge in [-0.15, -0.1) is 0 Å². The van der Waals surface area contributed by atoms with Crippen molar-refractivity contribution < 1.29 is 4.74 Å². The molecular weight excluding hydrogens is 342 g/mol. The number of hydrogen-bond acceptors (Lipinski definition) is 5. The molecule has 130 valence electrons. The molecule has 0 aliphatic rings. The summed E-state index contributed by atoms with van der Waals surface area (Å²) in [7, 11) is 1.55. The molecule has 25 heavy (non-hydrogen) atoms. The zero-order chi connectivity index (χ0) is 18.1. The molecule has 7 nitrogen and oxygen atoms in total. The lowest BCUT2D eigenvalue weighted by atomic mass is 10.1. The lowest BCUT2D eigenvalue weighted by Crippen LogP contribution is -2.23. The van der Waals surface area contributed by atoms with Gasteiger partial charge in [0.25, 0.3) is 0 Å². The van der Waals surface area contributed by atoms with E-state index in [1.807, 2.05) is 39.0 Å². The minimum Gasteiger partial charge on any atom is -0.472 e. The summed E-state index contributed by atoms with van der Waals surface area (Å²) in [6.07, 6.45) is 0. The van der Waals surface area contributed by atoms with Gasteiger partial charge in [0, 0.05) is 18.3 Å².